The number of carboxylic acid groups (broad SMARTS) is 1. The van der Waals surface area contributed by atoms with Crippen LogP contribution in [0.15, 0.2) is 0 Å². The largest absolute Gasteiger partial charge is 0.480 e. The van der Waals surface area contributed by atoms with Gasteiger partial charge in [-0.15, -0.1) is 0 Å². The van der Waals surface area contributed by atoms with E-state index in [9.17, 15) is 19.2 Å². The van der Waals surface area contributed by atoms with Crippen LogP contribution in [0.5, 0.6) is 0 Å². The average molecular weight is 450 g/mol. The number of carboxylic acids is 1. The van der Waals surface area contributed by atoms with Gasteiger partial charge in [0, 0.05) is 5.75 Å². The van der Waals surface area contributed by atoms with Gasteiger partial charge in [0.25, 0.3) is 0 Å². The molecule has 12 heteroatoms. The van der Waals surface area contributed by atoms with Gasteiger partial charge in [-0.3, -0.25) is 14.4 Å². The van der Waals surface area contributed by atoms with Gasteiger partial charge >= 0.3 is 5.97 Å². The fraction of sp³-hybridized carbons (Fsp3) is 0.778. The monoisotopic (exact) mass is 449 g/mol. The molecule has 174 valence electrons. The number of nitrogens with two attached hydrogens (primary N) is 2. The molecule has 0 radical (unpaired) electrons. The van der Waals surface area contributed by atoms with Crippen LogP contribution in [0.4, 0.5) is 0 Å². The summed E-state index contributed by atoms with van der Waals surface area (Å²) in [5.74, 6) is -3.54. The number of carbonyl (C=O) groups is 4. The second kappa shape index (κ2) is 15.0. The maximum Gasteiger partial charge on any atom is 0.328 e. The average Bonchev–Trinajstić information content (AvgIpc) is 2.73. The lowest BCUT2D eigenvalue weighted by atomic mass is 9.98. The highest BCUT2D eigenvalue weighted by Gasteiger charge is 2.30. The van der Waals surface area contributed by atoms with Crippen molar-refractivity contribution < 1.29 is 29.4 Å². The number of aliphatic hydroxyl groups excluding tert-OH is 1. The van der Waals surface area contributed by atoms with Crippen LogP contribution in [0.25, 0.3) is 0 Å². The van der Waals surface area contributed by atoms with E-state index in [1.165, 1.54) is 0 Å². The first kappa shape index (κ1) is 28.1. The lowest BCUT2D eigenvalue weighted by Crippen LogP contribution is -2.58. The zero-order valence-electron chi connectivity index (χ0n) is 17.5. The van der Waals surface area contributed by atoms with Gasteiger partial charge in [-0.25, -0.2) is 4.79 Å². The molecule has 5 unspecified atom stereocenters. The van der Waals surface area contributed by atoms with E-state index in [-0.39, 0.29) is 18.1 Å². The van der Waals surface area contributed by atoms with Crippen molar-refractivity contribution in [3.05, 3.63) is 0 Å². The van der Waals surface area contributed by atoms with Crippen molar-refractivity contribution in [3.8, 4) is 0 Å². The fourth-order valence-corrected chi connectivity index (χ4v) is 2.72. The van der Waals surface area contributed by atoms with Crippen molar-refractivity contribution in [2.24, 2.45) is 17.4 Å². The minimum absolute atomic E-state index is 0.0832. The normalized spacial score (nSPS) is 15.9. The van der Waals surface area contributed by atoms with Crippen molar-refractivity contribution in [2.75, 3.05) is 18.9 Å². The molecule has 0 heterocycles. The Hall–Kier alpha value is -1.89. The molecule has 0 spiro atoms. The van der Waals surface area contributed by atoms with E-state index < -0.39 is 54.5 Å². The molecule has 0 aliphatic carbocycles. The van der Waals surface area contributed by atoms with E-state index >= 15 is 0 Å². The summed E-state index contributed by atoms with van der Waals surface area (Å²) >= 11 is 4.02. The second-order valence-electron chi connectivity index (χ2n) is 7.08. The minimum atomic E-state index is -1.51. The number of hydrogen-bond acceptors (Lipinski definition) is 8. The molecular formula is C18H35N5O6S. The van der Waals surface area contributed by atoms with E-state index in [1.54, 1.807) is 0 Å². The van der Waals surface area contributed by atoms with Gasteiger partial charge in [0.15, 0.2) is 0 Å². The van der Waals surface area contributed by atoms with Gasteiger partial charge in [-0.2, -0.15) is 12.6 Å². The van der Waals surface area contributed by atoms with E-state index in [1.807, 2.05) is 13.8 Å². The molecule has 0 aromatic carbocycles. The molecule has 0 aliphatic rings. The smallest absolute Gasteiger partial charge is 0.328 e. The molecule has 0 aliphatic heterocycles. The van der Waals surface area contributed by atoms with Crippen LogP contribution in [0.1, 0.15) is 39.5 Å². The Balaban J connectivity index is 5.20. The Kier molecular flexibility index (Phi) is 14.0. The number of amides is 3. The van der Waals surface area contributed by atoms with Gasteiger partial charge in [0.1, 0.15) is 18.1 Å². The number of thiol groups is 1. The minimum Gasteiger partial charge on any atom is -0.480 e. The van der Waals surface area contributed by atoms with E-state index in [2.05, 4.69) is 28.6 Å². The first-order valence-electron chi connectivity index (χ1n) is 9.94. The lowest BCUT2D eigenvalue weighted by Gasteiger charge is -2.25. The van der Waals surface area contributed by atoms with Crippen LogP contribution in [-0.2, 0) is 19.2 Å². The summed E-state index contributed by atoms with van der Waals surface area (Å²) in [4.78, 5) is 48.4. The van der Waals surface area contributed by atoms with Crippen LogP contribution >= 0.6 is 12.6 Å². The van der Waals surface area contributed by atoms with Crippen molar-refractivity contribution in [1.29, 1.82) is 0 Å². The predicted octanol–water partition coefficient (Wildman–Crippen LogP) is -2.05. The Morgan fingerprint density at radius 1 is 0.967 bits per heavy atom. The highest BCUT2D eigenvalue weighted by atomic mass is 32.1. The molecule has 0 rings (SSSR count). The van der Waals surface area contributed by atoms with Crippen molar-refractivity contribution >= 4 is 36.3 Å². The topological polar surface area (TPSA) is 197 Å². The summed E-state index contributed by atoms with van der Waals surface area (Å²) in [6.07, 6.45) is 2.19. The number of carbonyl (C=O) groups excluding carboxylic acids is 3. The summed E-state index contributed by atoms with van der Waals surface area (Å²) in [7, 11) is 0. The zero-order valence-corrected chi connectivity index (χ0v) is 18.4. The van der Waals surface area contributed by atoms with Crippen molar-refractivity contribution in [2.45, 2.75) is 63.7 Å². The highest BCUT2D eigenvalue weighted by Crippen LogP contribution is 2.08. The van der Waals surface area contributed by atoms with Gasteiger partial charge < -0.3 is 37.6 Å². The number of aliphatic hydroxyl groups is 1. The molecule has 0 bridgehead atoms. The second-order valence-corrected chi connectivity index (χ2v) is 7.45. The SMILES string of the molecule is CCC(C)C(N)C(=O)NC(CCCCN)C(=O)NC(CS)C(=O)NC(CO)C(=O)O. The maximum absolute atomic E-state index is 12.7. The lowest BCUT2D eigenvalue weighted by molar-refractivity contribution is -0.143. The standard InChI is InChI=1S/C18H35N5O6S/c1-3-10(2)14(20)17(27)21-11(6-4-5-7-19)15(25)23-13(9-30)16(26)22-12(8-24)18(28)29/h10-14,24,30H,3-9,19-20H2,1-2H3,(H,21,27)(H,22,26)(H,23,25)(H,28,29). The third-order valence-corrected chi connectivity index (χ3v) is 5.12. The Bertz CT molecular complexity index is 579. The summed E-state index contributed by atoms with van der Waals surface area (Å²) < 4.78 is 0. The molecule has 0 aromatic rings. The molecule has 0 saturated heterocycles. The van der Waals surface area contributed by atoms with Crippen LogP contribution < -0.4 is 27.4 Å². The van der Waals surface area contributed by atoms with Gasteiger partial charge in [0.2, 0.25) is 17.7 Å². The number of aliphatic carboxylic acids is 1. The maximum atomic E-state index is 12.7. The number of rotatable bonds is 15. The molecule has 0 fully saturated rings. The van der Waals surface area contributed by atoms with Crippen molar-refractivity contribution in [1.82, 2.24) is 16.0 Å². The van der Waals surface area contributed by atoms with E-state index in [0.717, 1.165) is 0 Å². The predicted molar refractivity (Wildman–Crippen MR) is 115 cm³/mol. The summed E-state index contributed by atoms with van der Waals surface area (Å²) in [6, 6.07) is -4.40. The molecule has 11 nitrogen and oxygen atoms in total. The Morgan fingerprint density at radius 2 is 1.50 bits per heavy atom. The Morgan fingerprint density at radius 3 is 1.97 bits per heavy atom. The molecule has 9 N–H and O–H groups in total. The van der Waals surface area contributed by atoms with Crippen LogP contribution in [-0.4, -0.2) is 77.0 Å². The van der Waals surface area contributed by atoms with Crippen LogP contribution in [0.2, 0.25) is 0 Å². The van der Waals surface area contributed by atoms with Crippen LogP contribution in [0, 0.1) is 5.92 Å². The van der Waals surface area contributed by atoms with Crippen molar-refractivity contribution in [3.63, 3.8) is 0 Å². The number of unbranched alkanes of at least 4 members (excludes halogenated alkanes) is 1. The molecule has 0 saturated carbocycles. The van der Waals surface area contributed by atoms with Gasteiger partial charge in [0.05, 0.1) is 12.6 Å². The van der Waals surface area contributed by atoms with Gasteiger partial charge in [-0.1, -0.05) is 20.3 Å². The highest BCUT2D eigenvalue weighted by molar-refractivity contribution is 7.80. The molecular weight excluding hydrogens is 414 g/mol. The molecule has 0 aromatic heterocycles. The Labute approximate surface area is 182 Å². The molecule has 5 atom stereocenters. The summed E-state index contributed by atoms with van der Waals surface area (Å²) in [5, 5.41) is 25.2. The molecule has 3 amide bonds. The zero-order chi connectivity index (χ0) is 23.3. The first-order chi connectivity index (χ1) is 14.1. The van der Waals surface area contributed by atoms with Crippen LogP contribution in [0.3, 0.4) is 0 Å². The number of nitrogens with one attached hydrogen (secondary N) is 3. The third kappa shape index (κ3) is 9.74. The first-order valence-corrected chi connectivity index (χ1v) is 10.6. The van der Waals surface area contributed by atoms with E-state index in [0.29, 0.717) is 25.8 Å². The fourth-order valence-electron chi connectivity index (χ4n) is 2.47. The van der Waals surface area contributed by atoms with Gasteiger partial charge in [-0.05, 0) is 31.7 Å². The van der Waals surface area contributed by atoms with E-state index in [4.69, 9.17) is 21.7 Å². The third-order valence-electron chi connectivity index (χ3n) is 4.75. The number of hydrogen-bond donors (Lipinski definition) is 8. The molecule has 30 heavy (non-hydrogen) atoms. The quantitative estimate of drug-likeness (QED) is 0.103. The summed E-state index contributed by atoms with van der Waals surface area (Å²) in [6.45, 7) is 3.35. The summed E-state index contributed by atoms with van der Waals surface area (Å²) in [5.41, 5.74) is 11.4.